The van der Waals surface area contributed by atoms with Crippen LogP contribution in [0.4, 0.5) is 10.8 Å². The molecule has 5 heteroatoms. The highest BCUT2D eigenvalue weighted by Gasteiger charge is 2.33. The maximum absolute atomic E-state index is 11.9. The molecule has 2 aromatic rings. The number of nitrogens with zero attached hydrogens (tertiary/aromatic N) is 3. The molecule has 0 aliphatic heterocycles. The van der Waals surface area contributed by atoms with Crippen LogP contribution in [0.15, 0.2) is 29.6 Å². The number of carbonyl (C=O) groups is 1. The Morgan fingerprint density at radius 2 is 1.96 bits per heavy atom. The van der Waals surface area contributed by atoms with Crippen molar-refractivity contribution in [2.24, 2.45) is 0 Å². The van der Waals surface area contributed by atoms with Gasteiger partial charge in [-0.15, -0.1) is 11.3 Å². The molecule has 1 fully saturated rings. The van der Waals surface area contributed by atoms with E-state index in [0.29, 0.717) is 12.1 Å². The van der Waals surface area contributed by atoms with E-state index in [2.05, 4.69) is 55.3 Å². The van der Waals surface area contributed by atoms with Gasteiger partial charge in [0.1, 0.15) is 0 Å². The van der Waals surface area contributed by atoms with Crippen molar-refractivity contribution in [2.75, 3.05) is 9.80 Å². The van der Waals surface area contributed by atoms with Gasteiger partial charge in [0, 0.05) is 30.1 Å². The molecular formula is C19H25N3OS. The van der Waals surface area contributed by atoms with Crippen molar-refractivity contribution in [2.45, 2.75) is 59.2 Å². The highest BCUT2D eigenvalue weighted by atomic mass is 32.1. The van der Waals surface area contributed by atoms with E-state index in [9.17, 15) is 4.79 Å². The van der Waals surface area contributed by atoms with Crippen molar-refractivity contribution >= 4 is 28.1 Å². The Morgan fingerprint density at radius 1 is 1.29 bits per heavy atom. The summed E-state index contributed by atoms with van der Waals surface area (Å²) in [7, 11) is 0. The Bertz CT molecular complexity index is 704. The third-order valence-electron chi connectivity index (χ3n) is 4.32. The van der Waals surface area contributed by atoms with Gasteiger partial charge in [0.05, 0.1) is 12.2 Å². The lowest BCUT2D eigenvalue weighted by Crippen LogP contribution is -2.31. The van der Waals surface area contributed by atoms with Gasteiger partial charge in [-0.1, -0.05) is 17.7 Å². The molecule has 128 valence electrons. The molecule has 1 saturated carbocycles. The number of amides is 1. The molecule has 0 atom stereocenters. The smallest absolute Gasteiger partial charge is 0.225 e. The molecule has 1 aliphatic carbocycles. The lowest BCUT2D eigenvalue weighted by molar-refractivity contribution is -0.116. The zero-order chi connectivity index (χ0) is 17.3. The largest absolute Gasteiger partial charge is 0.363 e. The van der Waals surface area contributed by atoms with E-state index in [1.807, 2.05) is 4.90 Å². The first-order valence-corrected chi connectivity index (χ1v) is 9.41. The first kappa shape index (κ1) is 17.0. The molecule has 1 aromatic carbocycles. The molecule has 0 bridgehead atoms. The van der Waals surface area contributed by atoms with E-state index >= 15 is 0 Å². The molecule has 1 heterocycles. The summed E-state index contributed by atoms with van der Waals surface area (Å²) in [6.07, 6.45) is 2.19. The van der Waals surface area contributed by atoms with Crippen LogP contribution in [0.3, 0.4) is 0 Å². The van der Waals surface area contributed by atoms with Crippen LogP contribution < -0.4 is 9.80 Å². The zero-order valence-electron chi connectivity index (χ0n) is 14.8. The van der Waals surface area contributed by atoms with Crippen molar-refractivity contribution in [3.8, 4) is 0 Å². The lowest BCUT2D eigenvalue weighted by atomic mass is 10.2. The third kappa shape index (κ3) is 3.78. The summed E-state index contributed by atoms with van der Waals surface area (Å²) in [5.41, 5.74) is 3.49. The van der Waals surface area contributed by atoms with Crippen LogP contribution in [-0.4, -0.2) is 23.0 Å². The van der Waals surface area contributed by atoms with Gasteiger partial charge >= 0.3 is 0 Å². The fourth-order valence-electron chi connectivity index (χ4n) is 2.84. The summed E-state index contributed by atoms with van der Waals surface area (Å²) >= 11 is 1.57. The Morgan fingerprint density at radius 3 is 2.50 bits per heavy atom. The molecule has 3 rings (SSSR count). The predicted molar refractivity (Wildman–Crippen MR) is 101 cm³/mol. The number of aromatic nitrogens is 1. The lowest BCUT2D eigenvalue weighted by Gasteiger charge is -2.28. The van der Waals surface area contributed by atoms with Gasteiger partial charge < -0.3 is 4.90 Å². The predicted octanol–water partition coefficient (Wildman–Crippen LogP) is 4.38. The maximum atomic E-state index is 11.9. The van der Waals surface area contributed by atoms with Crippen LogP contribution in [0.25, 0.3) is 0 Å². The fourth-order valence-corrected chi connectivity index (χ4v) is 3.77. The minimum Gasteiger partial charge on any atom is -0.363 e. The van der Waals surface area contributed by atoms with Gasteiger partial charge in [-0.3, -0.25) is 9.69 Å². The molecule has 0 N–H and O–H groups in total. The Hall–Kier alpha value is -1.88. The molecule has 0 spiro atoms. The SMILES string of the molecule is CC(=O)N(c1nc(CN(c2ccc(C)cc2)C(C)C)cs1)C1CC1. The van der Waals surface area contributed by atoms with Gasteiger partial charge in [0.15, 0.2) is 5.13 Å². The average Bonchev–Trinajstić information content (AvgIpc) is 3.24. The number of anilines is 2. The summed E-state index contributed by atoms with van der Waals surface area (Å²) in [6, 6.07) is 9.34. The number of rotatable bonds is 6. The second-order valence-electron chi connectivity index (χ2n) is 6.80. The summed E-state index contributed by atoms with van der Waals surface area (Å²) in [5.74, 6) is 0.0950. The standard InChI is InChI=1S/C19H25N3OS/c1-13(2)21(17-7-5-14(3)6-8-17)11-16-12-24-19(20-16)22(15(4)23)18-9-10-18/h5-8,12-13,18H,9-11H2,1-4H3. The van der Waals surface area contributed by atoms with E-state index < -0.39 is 0 Å². The van der Waals surface area contributed by atoms with Gasteiger partial charge in [0.25, 0.3) is 0 Å². The average molecular weight is 343 g/mol. The summed E-state index contributed by atoms with van der Waals surface area (Å²) in [6.45, 7) is 8.88. The van der Waals surface area contributed by atoms with Gasteiger partial charge in [-0.05, 0) is 45.7 Å². The number of hydrogen-bond donors (Lipinski definition) is 0. The second kappa shape index (κ2) is 6.93. The van der Waals surface area contributed by atoms with Crippen molar-refractivity contribution < 1.29 is 4.79 Å². The van der Waals surface area contributed by atoms with Crippen molar-refractivity contribution in [3.63, 3.8) is 0 Å². The molecule has 1 amide bonds. The molecular weight excluding hydrogens is 318 g/mol. The fraction of sp³-hybridized carbons (Fsp3) is 0.474. The molecule has 1 aliphatic rings. The summed E-state index contributed by atoms with van der Waals surface area (Å²) in [4.78, 5) is 20.8. The van der Waals surface area contributed by atoms with Crippen LogP contribution in [-0.2, 0) is 11.3 Å². The summed E-state index contributed by atoms with van der Waals surface area (Å²) in [5, 5.41) is 2.92. The highest BCUT2D eigenvalue weighted by Crippen LogP contribution is 2.34. The Balaban J connectivity index is 1.78. The number of hydrogen-bond acceptors (Lipinski definition) is 4. The number of carbonyl (C=O) groups excluding carboxylic acids is 1. The monoisotopic (exact) mass is 343 g/mol. The Kier molecular flexibility index (Phi) is 4.90. The molecule has 24 heavy (non-hydrogen) atoms. The van der Waals surface area contributed by atoms with Gasteiger partial charge in [-0.25, -0.2) is 4.98 Å². The topological polar surface area (TPSA) is 36.4 Å². The molecule has 0 saturated heterocycles. The van der Waals surface area contributed by atoms with Crippen LogP contribution >= 0.6 is 11.3 Å². The quantitative estimate of drug-likeness (QED) is 0.781. The van der Waals surface area contributed by atoms with Gasteiger partial charge in [0.2, 0.25) is 5.91 Å². The number of aryl methyl sites for hydroxylation is 1. The molecule has 0 unspecified atom stereocenters. The molecule has 0 radical (unpaired) electrons. The highest BCUT2D eigenvalue weighted by molar-refractivity contribution is 7.14. The molecule has 4 nitrogen and oxygen atoms in total. The third-order valence-corrected chi connectivity index (χ3v) is 5.21. The summed E-state index contributed by atoms with van der Waals surface area (Å²) < 4.78 is 0. The van der Waals surface area contributed by atoms with E-state index in [0.717, 1.165) is 30.2 Å². The van der Waals surface area contributed by atoms with E-state index in [4.69, 9.17) is 4.98 Å². The van der Waals surface area contributed by atoms with E-state index in [1.165, 1.54) is 11.3 Å². The first-order valence-electron chi connectivity index (χ1n) is 8.53. The van der Waals surface area contributed by atoms with Crippen LogP contribution in [0.5, 0.6) is 0 Å². The van der Waals surface area contributed by atoms with E-state index in [1.54, 1.807) is 18.3 Å². The minimum absolute atomic E-state index is 0.0950. The zero-order valence-corrected chi connectivity index (χ0v) is 15.6. The van der Waals surface area contributed by atoms with Gasteiger partial charge in [-0.2, -0.15) is 0 Å². The minimum atomic E-state index is 0.0950. The maximum Gasteiger partial charge on any atom is 0.225 e. The van der Waals surface area contributed by atoms with Crippen LogP contribution in [0, 0.1) is 6.92 Å². The van der Waals surface area contributed by atoms with E-state index in [-0.39, 0.29) is 5.91 Å². The van der Waals surface area contributed by atoms with Crippen LogP contribution in [0.2, 0.25) is 0 Å². The van der Waals surface area contributed by atoms with Crippen molar-refractivity contribution in [1.29, 1.82) is 0 Å². The first-order chi connectivity index (χ1) is 11.5. The number of benzene rings is 1. The van der Waals surface area contributed by atoms with Crippen molar-refractivity contribution in [3.05, 3.63) is 40.9 Å². The normalized spacial score (nSPS) is 14.0. The Labute approximate surface area is 148 Å². The second-order valence-corrected chi connectivity index (χ2v) is 7.64. The molecule has 1 aromatic heterocycles. The van der Waals surface area contributed by atoms with Crippen LogP contribution in [0.1, 0.15) is 44.9 Å². The number of thiazole rings is 1. The van der Waals surface area contributed by atoms with Crippen molar-refractivity contribution in [1.82, 2.24) is 4.98 Å².